The molecule has 0 radical (unpaired) electrons. The van der Waals surface area contributed by atoms with Gasteiger partial charge in [0.05, 0.1) is 17.5 Å². The number of alkyl halides is 3. The highest BCUT2D eigenvalue weighted by Gasteiger charge is 2.48. The average Bonchev–Trinajstić information content (AvgIpc) is 2.96. The quantitative estimate of drug-likeness (QED) is 0.312. The minimum Gasteiger partial charge on any atom is -0.388 e. The predicted molar refractivity (Wildman–Crippen MR) is 116 cm³/mol. The lowest BCUT2D eigenvalue weighted by Crippen LogP contribution is -2.65. The van der Waals surface area contributed by atoms with Crippen LogP contribution in [0.1, 0.15) is 45.4 Å². The van der Waals surface area contributed by atoms with Crippen molar-refractivity contribution in [2.24, 2.45) is 5.92 Å². The lowest BCUT2D eigenvalue weighted by atomic mass is 9.92. The number of thioether (sulfide) groups is 1. The fourth-order valence-electron chi connectivity index (χ4n) is 4.27. The smallest absolute Gasteiger partial charge is 0.238 e. The SMILES string of the molecule is CS[C@H]1O[C@H]([C@H](NC(=O)[C@@H]2CC[C@H](CCCC(F)F)CCN2)[C@H](C)Cl)[C@H](O)[C@H](O)[C@H]1O. The third-order valence-corrected chi connectivity index (χ3v) is 7.28. The highest BCUT2D eigenvalue weighted by Crippen LogP contribution is 2.30. The lowest BCUT2D eigenvalue weighted by molar-refractivity contribution is -0.205. The molecule has 2 saturated heterocycles. The van der Waals surface area contributed by atoms with Gasteiger partial charge in [-0.25, -0.2) is 8.78 Å². The molecule has 31 heavy (non-hydrogen) atoms. The normalized spacial score (nSPS) is 36.6. The predicted octanol–water partition coefficient (Wildman–Crippen LogP) is 1.46. The van der Waals surface area contributed by atoms with E-state index in [1.54, 1.807) is 13.2 Å². The van der Waals surface area contributed by atoms with Crippen LogP contribution in [-0.4, -0.2) is 87.8 Å². The van der Waals surface area contributed by atoms with Gasteiger partial charge in [0.25, 0.3) is 0 Å². The van der Waals surface area contributed by atoms with Crippen LogP contribution in [0.15, 0.2) is 0 Å². The van der Waals surface area contributed by atoms with E-state index in [9.17, 15) is 28.9 Å². The number of hydrogen-bond acceptors (Lipinski definition) is 7. The third-order valence-electron chi connectivity index (χ3n) is 6.15. The maximum Gasteiger partial charge on any atom is 0.238 e. The molecule has 2 aliphatic heterocycles. The fraction of sp³-hybridized carbons (Fsp3) is 0.950. The van der Waals surface area contributed by atoms with Gasteiger partial charge in [0, 0.05) is 6.42 Å². The minimum absolute atomic E-state index is 0.0928. The first kappa shape index (κ1) is 27.0. The Kier molecular flexibility index (Phi) is 11.2. The molecule has 0 aliphatic carbocycles. The molecular formula is C20H35ClF2N2O5S. The highest BCUT2D eigenvalue weighted by atomic mass is 35.5. The van der Waals surface area contributed by atoms with Crippen LogP contribution >= 0.6 is 23.4 Å². The molecule has 182 valence electrons. The Morgan fingerprint density at radius 2 is 1.94 bits per heavy atom. The topological polar surface area (TPSA) is 111 Å². The van der Waals surface area contributed by atoms with E-state index < -0.39 is 53.7 Å². The summed E-state index contributed by atoms with van der Waals surface area (Å²) >= 11 is 7.49. The molecule has 7 nitrogen and oxygen atoms in total. The van der Waals surface area contributed by atoms with E-state index in [2.05, 4.69) is 10.6 Å². The van der Waals surface area contributed by atoms with Crippen LogP contribution in [0, 0.1) is 5.92 Å². The number of nitrogens with one attached hydrogen (secondary N) is 2. The number of carbonyl (C=O) groups is 1. The second-order valence-corrected chi connectivity index (χ2v) is 10.1. The third kappa shape index (κ3) is 7.65. The zero-order chi connectivity index (χ0) is 23.1. The number of hydrogen-bond donors (Lipinski definition) is 5. The number of aliphatic hydroxyl groups is 3. The van der Waals surface area contributed by atoms with E-state index >= 15 is 0 Å². The number of aliphatic hydroxyl groups excluding tert-OH is 3. The van der Waals surface area contributed by atoms with Crippen molar-refractivity contribution in [3.05, 3.63) is 0 Å². The summed E-state index contributed by atoms with van der Waals surface area (Å²) in [6.07, 6.45) is -2.38. The van der Waals surface area contributed by atoms with Crippen LogP contribution in [-0.2, 0) is 9.53 Å². The van der Waals surface area contributed by atoms with Crippen LogP contribution < -0.4 is 10.6 Å². The molecule has 2 heterocycles. The van der Waals surface area contributed by atoms with Crippen LogP contribution in [0.25, 0.3) is 0 Å². The summed E-state index contributed by atoms with van der Waals surface area (Å²) < 4.78 is 30.5. The Bertz CT molecular complexity index is 564. The van der Waals surface area contributed by atoms with E-state index in [4.69, 9.17) is 16.3 Å². The van der Waals surface area contributed by atoms with Gasteiger partial charge in [0.1, 0.15) is 29.9 Å². The molecule has 2 aliphatic rings. The van der Waals surface area contributed by atoms with Gasteiger partial charge in [-0.05, 0) is 51.3 Å². The molecule has 2 rings (SSSR count). The molecule has 11 heteroatoms. The zero-order valence-corrected chi connectivity index (χ0v) is 19.5. The zero-order valence-electron chi connectivity index (χ0n) is 17.9. The van der Waals surface area contributed by atoms with E-state index in [1.807, 2.05) is 0 Å². The second-order valence-electron chi connectivity index (χ2n) is 8.45. The van der Waals surface area contributed by atoms with Gasteiger partial charge in [-0.3, -0.25) is 4.79 Å². The standard InChI is InChI=1S/C20H35ClF2N2O5S/c1-10(21)14(18-16(27)15(26)17(28)20(30-18)31-2)25-19(29)12-7-6-11(8-9-24-12)4-3-5-13(22)23/h10-18,20,24,26-28H,3-9H2,1-2H3,(H,25,29)/t10-,11-,12-,14+,15-,16+,17+,18+,20+/m0/s1. The fourth-order valence-corrected chi connectivity index (χ4v) is 5.16. The Hall–Kier alpha value is -0.230. The van der Waals surface area contributed by atoms with Crippen molar-refractivity contribution in [3.63, 3.8) is 0 Å². The molecule has 0 aromatic rings. The Morgan fingerprint density at radius 1 is 1.23 bits per heavy atom. The average molecular weight is 489 g/mol. The maximum absolute atomic E-state index is 12.9. The second kappa shape index (κ2) is 12.9. The van der Waals surface area contributed by atoms with Gasteiger partial charge in [0.15, 0.2) is 0 Å². The van der Waals surface area contributed by atoms with E-state index in [0.29, 0.717) is 25.3 Å². The van der Waals surface area contributed by atoms with Gasteiger partial charge in [-0.2, -0.15) is 0 Å². The maximum atomic E-state index is 12.9. The Labute approximate surface area is 191 Å². The summed E-state index contributed by atoms with van der Waals surface area (Å²) in [5, 5.41) is 36.1. The molecule has 0 spiro atoms. The summed E-state index contributed by atoms with van der Waals surface area (Å²) in [4.78, 5) is 12.9. The molecule has 9 atom stereocenters. The number of rotatable bonds is 9. The molecule has 0 saturated carbocycles. The highest BCUT2D eigenvalue weighted by molar-refractivity contribution is 7.99. The van der Waals surface area contributed by atoms with E-state index in [0.717, 1.165) is 19.3 Å². The summed E-state index contributed by atoms with van der Waals surface area (Å²) in [5.74, 6) is 0.0112. The molecule has 0 aromatic carbocycles. The number of amides is 1. The van der Waals surface area contributed by atoms with Gasteiger partial charge < -0.3 is 30.7 Å². The molecule has 5 N–H and O–H groups in total. The summed E-state index contributed by atoms with van der Waals surface area (Å²) in [6.45, 7) is 2.27. The number of ether oxygens (including phenoxy) is 1. The minimum atomic E-state index is -2.28. The summed E-state index contributed by atoms with van der Waals surface area (Å²) in [5.41, 5.74) is -0.761. The van der Waals surface area contributed by atoms with Gasteiger partial charge in [-0.15, -0.1) is 23.4 Å². The van der Waals surface area contributed by atoms with Crippen molar-refractivity contribution >= 4 is 29.3 Å². The molecule has 0 bridgehead atoms. The first-order valence-electron chi connectivity index (χ1n) is 10.8. The number of halogens is 3. The van der Waals surface area contributed by atoms with Crippen molar-refractivity contribution < 1.29 is 33.6 Å². The first-order chi connectivity index (χ1) is 14.6. The summed E-state index contributed by atoms with van der Waals surface area (Å²) in [6, 6.07) is -1.25. The van der Waals surface area contributed by atoms with Crippen molar-refractivity contribution in [2.45, 2.75) is 99.2 Å². The van der Waals surface area contributed by atoms with Crippen molar-refractivity contribution in [3.8, 4) is 0 Å². The summed E-state index contributed by atoms with van der Waals surface area (Å²) in [7, 11) is 0. The lowest BCUT2D eigenvalue weighted by Gasteiger charge is -2.44. The van der Waals surface area contributed by atoms with E-state index in [1.165, 1.54) is 11.8 Å². The van der Waals surface area contributed by atoms with Crippen molar-refractivity contribution in [1.82, 2.24) is 10.6 Å². The first-order valence-corrected chi connectivity index (χ1v) is 12.6. The van der Waals surface area contributed by atoms with Crippen molar-refractivity contribution in [2.75, 3.05) is 12.8 Å². The van der Waals surface area contributed by atoms with E-state index in [-0.39, 0.29) is 12.3 Å². The van der Waals surface area contributed by atoms with Crippen LogP contribution in [0.5, 0.6) is 0 Å². The Balaban J connectivity index is 1.96. The Morgan fingerprint density at radius 3 is 2.55 bits per heavy atom. The van der Waals surface area contributed by atoms with Gasteiger partial charge in [0.2, 0.25) is 12.3 Å². The molecule has 0 unspecified atom stereocenters. The molecule has 2 fully saturated rings. The van der Waals surface area contributed by atoms with Crippen LogP contribution in [0.3, 0.4) is 0 Å². The van der Waals surface area contributed by atoms with Gasteiger partial charge in [-0.1, -0.05) is 6.42 Å². The van der Waals surface area contributed by atoms with Crippen LogP contribution in [0.4, 0.5) is 8.78 Å². The molecule has 0 aromatic heterocycles. The van der Waals surface area contributed by atoms with Gasteiger partial charge >= 0.3 is 0 Å². The monoisotopic (exact) mass is 488 g/mol. The molecule has 1 amide bonds. The van der Waals surface area contributed by atoms with Crippen molar-refractivity contribution in [1.29, 1.82) is 0 Å². The number of carbonyl (C=O) groups excluding carboxylic acids is 1. The largest absolute Gasteiger partial charge is 0.388 e. The van der Waals surface area contributed by atoms with Crippen LogP contribution in [0.2, 0.25) is 0 Å². The molecular weight excluding hydrogens is 454 g/mol.